The molecule has 2 aromatic carbocycles. The molecule has 2 amide bonds. The molecule has 0 fully saturated rings. The van der Waals surface area contributed by atoms with Gasteiger partial charge in [-0.3, -0.25) is 0 Å². The van der Waals surface area contributed by atoms with Crippen LogP contribution in [0.15, 0.2) is 42.5 Å². The highest BCUT2D eigenvalue weighted by Gasteiger charge is 2.11. The van der Waals surface area contributed by atoms with Gasteiger partial charge in [0.1, 0.15) is 18.2 Å². The Bertz CT molecular complexity index is 701. The van der Waals surface area contributed by atoms with Gasteiger partial charge in [-0.25, -0.2) is 9.18 Å². The third-order valence-corrected chi connectivity index (χ3v) is 4.09. The average Bonchev–Trinajstić information content (AvgIpc) is 3.06. The first-order chi connectivity index (χ1) is 11.7. The first-order valence-electron chi connectivity index (χ1n) is 8.21. The van der Waals surface area contributed by atoms with Crippen LogP contribution in [0.5, 0.6) is 5.75 Å². The molecule has 0 saturated heterocycles. The van der Waals surface area contributed by atoms with Crippen LogP contribution in [0.25, 0.3) is 0 Å². The number of hydrogen-bond acceptors (Lipinski definition) is 2. The van der Waals surface area contributed by atoms with Crippen molar-refractivity contribution < 1.29 is 13.9 Å². The Morgan fingerprint density at radius 1 is 1.04 bits per heavy atom. The number of rotatable bonds is 6. The zero-order valence-corrected chi connectivity index (χ0v) is 13.5. The van der Waals surface area contributed by atoms with E-state index >= 15 is 0 Å². The number of amides is 2. The topological polar surface area (TPSA) is 50.4 Å². The number of nitrogens with one attached hydrogen (secondary N) is 2. The summed E-state index contributed by atoms with van der Waals surface area (Å²) >= 11 is 0. The molecule has 126 valence electrons. The molecule has 24 heavy (non-hydrogen) atoms. The number of aryl methyl sites for hydroxylation is 2. The van der Waals surface area contributed by atoms with Crippen molar-refractivity contribution in [1.82, 2.24) is 10.6 Å². The first kappa shape index (κ1) is 16.3. The predicted molar refractivity (Wildman–Crippen MR) is 90.6 cm³/mol. The predicted octanol–water partition coefficient (Wildman–Crippen LogP) is 3.19. The highest BCUT2D eigenvalue weighted by Crippen LogP contribution is 2.25. The van der Waals surface area contributed by atoms with Crippen molar-refractivity contribution in [1.29, 1.82) is 0 Å². The van der Waals surface area contributed by atoms with Crippen molar-refractivity contribution in [2.24, 2.45) is 0 Å². The van der Waals surface area contributed by atoms with E-state index in [0.717, 1.165) is 24.2 Å². The number of fused-ring (bicyclic) bond motifs is 1. The van der Waals surface area contributed by atoms with Crippen LogP contribution >= 0.6 is 0 Å². The fraction of sp³-hybridized carbons (Fsp3) is 0.316. The standard InChI is InChI=1S/C19H21FN2O2/c20-17-7-4-14(5-8-17)13-22-19(23)21-10-11-24-18-9-6-15-2-1-3-16(15)12-18/h4-9,12H,1-3,10-11,13H2,(H2,21,22,23). The maximum Gasteiger partial charge on any atom is 0.315 e. The van der Waals surface area contributed by atoms with Crippen LogP contribution in [-0.2, 0) is 19.4 Å². The molecular formula is C19H21FN2O2. The van der Waals surface area contributed by atoms with Crippen molar-refractivity contribution in [3.8, 4) is 5.75 Å². The lowest BCUT2D eigenvalue weighted by Gasteiger charge is -2.10. The molecule has 0 saturated carbocycles. The highest BCUT2D eigenvalue weighted by molar-refractivity contribution is 5.73. The second kappa shape index (κ2) is 7.81. The van der Waals surface area contributed by atoms with E-state index in [1.165, 1.54) is 29.7 Å². The smallest absolute Gasteiger partial charge is 0.315 e. The average molecular weight is 328 g/mol. The van der Waals surface area contributed by atoms with Crippen LogP contribution in [0.2, 0.25) is 0 Å². The largest absolute Gasteiger partial charge is 0.492 e. The number of ether oxygens (including phenoxy) is 1. The molecule has 0 heterocycles. The van der Waals surface area contributed by atoms with Gasteiger partial charge in [-0.1, -0.05) is 18.2 Å². The van der Waals surface area contributed by atoms with Crippen molar-refractivity contribution >= 4 is 6.03 Å². The molecule has 1 aliphatic rings. The molecule has 0 radical (unpaired) electrons. The zero-order valence-electron chi connectivity index (χ0n) is 13.5. The fourth-order valence-corrected chi connectivity index (χ4v) is 2.82. The summed E-state index contributed by atoms with van der Waals surface area (Å²) in [5, 5.41) is 5.46. The Morgan fingerprint density at radius 2 is 1.83 bits per heavy atom. The Morgan fingerprint density at radius 3 is 2.67 bits per heavy atom. The molecule has 2 aromatic rings. The van der Waals surface area contributed by atoms with E-state index in [-0.39, 0.29) is 11.8 Å². The summed E-state index contributed by atoms with van der Waals surface area (Å²) in [6.07, 6.45) is 3.50. The van der Waals surface area contributed by atoms with E-state index in [2.05, 4.69) is 22.8 Å². The van der Waals surface area contributed by atoms with Crippen LogP contribution in [0.1, 0.15) is 23.1 Å². The van der Waals surface area contributed by atoms with Gasteiger partial charge in [0.2, 0.25) is 0 Å². The molecule has 3 rings (SSSR count). The molecule has 0 spiro atoms. The minimum atomic E-state index is -0.285. The number of urea groups is 1. The van der Waals surface area contributed by atoms with Crippen molar-refractivity contribution in [3.63, 3.8) is 0 Å². The maximum absolute atomic E-state index is 12.8. The van der Waals surface area contributed by atoms with E-state index in [0.29, 0.717) is 19.7 Å². The van der Waals surface area contributed by atoms with E-state index in [1.807, 2.05) is 6.07 Å². The first-order valence-corrected chi connectivity index (χ1v) is 8.21. The molecule has 0 bridgehead atoms. The van der Waals surface area contributed by atoms with Gasteiger partial charge in [-0.15, -0.1) is 0 Å². The Balaban J connectivity index is 1.34. The molecule has 0 unspecified atom stereocenters. The van der Waals surface area contributed by atoms with Crippen LogP contribution in [0.3, 0.4) is 0 Å². The van der Waals surface area contributed by atoms with E-state index < -0.39 is 0 Å². The number of carbonyl (C=O) groups is 1. The van der Waals surface area contributed by atoms with Gasteiger partial charge >= 0.3 is 6.03 Å². The monoisotopic (exact) mass is 328 g/mol. The molecular weight excluding hydrogens is 307 g/mol. The summed E-state index contributed by atoms with van der Waals surface area (Å²) < 4.78 is 18.5. The van der Waals surface area contributed by atoms with Gasteiger partial charge in [0.15, 0.2) is 0 Å². The van der Waals surface area contributed by atoms with Crippen LogP contribution in [-0.4, -0.2) is 19.2 Å². The van der Waals surface area contributed by atoms with Crippen LogP contribution in [0.4, 0.5) is 9.18 Å². The normalized spacial score (nSPS) is 12.5. The molecule has 2 N–H and O–H groups in total. The summed E-state index contributed by atoms with van der Waals surface area (Å²) in [6, 6.07) is 12.0. The van der Waals surface area contributed by atoms with E-state index in [1.54, 1.807) is 12.1 Å². The summed E-state index contributed by atoms with van der Waals surface area (Å²) in [7, 11) is 0. The van der Waals surface area contributed by atoms with Gasteiger partial charge in [0.25, 0.3) is 0 Å². The number of hydrogen-bond donors (Lipinski definition) is 2. The third-order valence-electron chi connectivity index (χ3n) is 4.09. The van der Waals surface area contributed by atoms with Crippen molar-refractivity contribution in [3.05, 3.63) is 65.0 Å². The lowest BCUT2D eigenvalue weighted by molar-refractivity contribution is 0.236. The second-order valence-corrected chi connectivity index (χ2v) is 5.87. The van der Waals surface area contributed by atoms with Gasteiger partial charge in [-0.05, 0) is 60.2 Å². The molecule has 0 atom stereocenters. The van der Waals surface area contributed by atoms with Gasteiger partial charge in [-0.2, -0.15) is 0 Å². The molecule has 4 nitrogen and oxygen atoms in total. The lowest BCUT2D eigenvalue weighted by Crippen LogP contribution is -2.37. The molecule has 1 aliphatic carbocycles. The van der Waals surface area contributed by atoms with Gasteiger partial charge in [0, 0.05) is 6.54 Å². The summed E-state index contributed by atoms with van der Waals surface area (Å²) in [5.74, 6) is 0.566. The highest BCUT2D eigenvalue weighted by atomic mass is 19.1. The van der Waals surface area contributed by atoms with E-state index in [9.17, 15) is 9.18 Å². The van der Waals surface area contributed by atoms with Crippen LogP contribution in [0, 0.1) is 5.82 Å². The summed E-state index contributed by atoms with van der Waals surface area (Å²) in [6.45, 7) is 1.20. The van der Waals surface area contributed by atoms with Crippen molar-refractivity contribution in [2.75, 3.05) is 13.2 Å². The second-order valence-electron chi connectivity index (χ2n) is 5.87. The van der Waals surface area contributed by atoms with Crippen LogP contribution < -0.4 is 15.4 Å². The quantitative estimate of drug-likeness (QED) is 0.800. The number of benzene rings is 2. The number of carbonyl (C=O) groups excluding carboxylic acids is 1. The Kier molecular flexibility index (Phi) is 5.31. The van der Waals surface area contributed by atoms with Gasteiger partial charge in [0.05, 0.1) is 6.54 Å². The summed E-state index contributed by atoms with van der Waals surface area (Å²) in [5.41, 5.74) is 3.64. The minimum Gasteiger partial charge on any atom is -0.492 e. The van der Waals surface area contributed by atoms with Crippen molar-refractivity contribution in [2.45, 2.75) is 25.8 Å². The minimum absolute atomic E-state index is 0.267. The third kappa shape index (κ3) is 4.47. The molecule has 5 heteroatoms. The maximum atomic E-state index is 12.8. The SMILES string of the molecule is O=C(NCCOc1ccc2c(c1)CCC2)NCc1ccc(F)cc1. The fourth-order valence-electron chi connectivity index (χ4n) is 2.82. The number of halogens is 1. The lowest BCUT2D eigenvalue weighted by atomic mass is 10.1. The Hall–Kier alpha value is -2.56. The van der Waals surface area contributed by atoms with E-state index in [4.69, 9.17) is 4.74 Å². The molecule has 0 aliphatic heterocycles. The Labute approximate surface area is 141 Å². The zero-order chi connectivity index (χ0) is 16.8. The summed E-state index contributed by atoms with van der Waals surface area (Å²) in [4.78, 5) is 11.7. The van der Waals surface area contributed by atoms with Gasteiger partial charge < -0.3 is 15.4 Å². The molecule has 0 aromatic heterocycles.